The number of nitrogens with zero attached hydrogens (tertiary/aromatic N) is 1. The van der Waals surface area contributed by atoms with Crippen LogP contribution in [0, 0.1) is 0 Å². The summed E-state index contributed by atoms with van der Waals surface area (Å²) in [6.07, 6.45) is 0.638. The summed E-state index contributed by atoms with van der Waals surface area (Å²) >= 11 is 0. The Morgan fingerprint density at radius 1 is 1.33 bits per heavy atom. The van der Waals surface area contributed by atoms with Gasteiger partial charge in [0.15, 0.2) is 0 Å². The van der Waals surface area contributed by atoms with E-state index >= 15 is 0 Å². The van der Waals surface area contributed by atoms with E-state index in [0.717, 1.165) is 5.56 Å². The molecule has 1 aromatic rings. The maximum atomic E-state index is 8.83. The van der Waals surface area contributed by atoms with Crippen LogP contribution in [0.2, 0.25) is 0 Å². The lowest BCUT2D eigenvalue weighted by Gasteiger charge is -2.10. The predicted octanol–water partition coefficient (Wildman–Crippen LogP) is 2.29. The molecule has 0 aliphatic carbocycles. The summed E-state index contributed by atoms with van der Waals surface area (Å²) in [6.45, 7) is 1.92. The van der Waals surface area contributed by atoms with Crippen molar-refractivity contribution in [3.8, 4) is 11.5 Å². The van der Waals surface area contributed by atoms with Crippen molar-refractivity contribution in [3.63, 3.8) is 0 Å². The maximum absolute atomic E-state index is 8.83. The molecule has 0 aromatic heterocycles. The molecule has 0 spiro atoms. The lowest BCUT2D eigenvalue weighted by atomic mass is 10.1. The third-order valence-electron chi connectivity index (χ3n) is 2.18. The number of hydrogen-bond acceptors (Lipinski definition) is 4. The summed E-state index contributed by atoms with van der Waals surface area (Å²) < 4.78 is 10.3. The zero-order valence-corrected chi connectivity index (χ0v) is 9.15. The molecule has 0 fully saturated rings. The molecule has 0 bridgehead atoms. The minimum atomic E-state index is 0.592. The molecule has 1 N–H and O–H groups in total. The van der Waals surface area contributed by atoms with Crippen LogP contribution < -0.4 is 9.47 Å². The molecule has 82 valence electrons. The Hall–Kier alpha value is -1.71. The lowest BCUT2D eigenvalue weighted by Crippen LogP contribution is -2.02. The fourth-order valence-electron chi connectivity index (χ4n) is 1.35. The van der Waals surface area contributed by atoms with Gasteiger partial charge in [0.05, 0.1) is 19.9 Å². The second-order valence-electron chi connectivity index (χ2n) is 2.97. The van der Waals surface area contributed by atoms with Gasteiger partial charge in [-0.1, -0.05) is 12.1 Å². The number of hydrogen-bond donors (Lipinski definition) is 1. The molecule has 0 aliphatic heterocycles. The third-order valence-corrected chi connectivity index (χ3v) is 2.18. The third kappa shape index (κ3) is 2.40. The highest BCUT2D eigenvalue weighted by molar-refractivity contribution is 6.02. The Kier molecular flexibility index (Phi) is 3.97. The van der Waals surface area contributed by atoms with Crippen LogP contribution in [0.1, 0.15) is 18.9 Å². The van der Waals surface area contributed by atoms with E-state index in [-0.39, 0.29) is 0 Å². The molecule has 15 heavy (non-hydrogen) atoms. The second-order valence-corrected chi connectivity index (χ2v) is 2.97. The van der Waals surface area contributed by atoms with Crippen molar-refractivity contribution >= 4 is 5.71 Å². The summed E-state index contributed by atoms with van der Waals surface area (Å²) in [5, 5.41) is 12.1. The largest absolute Gasteiger partial charge is 0.497 e. The van der Waals surface area contributed by atoms with Gasteiger partial charge < -0.3 is 14.7 Å². The average Bonchev–Trinajstić information content (AvgIpc) is 2.31. The topological polar surface area (TPSA) is 51.1 Å². The number of rotatable bonds is 4. The molecular formula is C11H15NO3. The van der Waals surface area contributed by atoms with Crippen LogP contribution in [-0.2, 0) is 0 Å². The van der Waals surface area contributed by atoms with E-state index < -0.39 is 0 Å². The smallest absolute Gasteiger partial charge is 0.131 e. The minimum Gasteiger partial charge on any atom is -0.497 e. The van der Waals surface area contributed by atoms with Crippen molar-refractivity contribution in [1.29, 1.82) is 0 Å². The van der Waals surface area contributed by atoms with Gasteiger partial charge in [-0.3, -0.25) is 0 Å². The van der Waals surface area contributed by atoms with Gasteiger partial charge in [-0.2, -0.15) is 0 Å². The van der Waals surface area contributed by atoms with E-state index in [1.54, 1.807) is 26.4 Å². The van der Waals surface area contributed by atoms with E-state index in [1.807, 2.05) is 13.0 Å². The molecule has 0 amide bonds. The van der Waals surface area contributed by atoms with Gasteiger partial charge in [0.1, 0.15) is 11.5 Å². The van der Waals surface area contributed by atoms with E-state index in [1.165, 1.54) is 0 Å². The first-order valence-corrected chi connectivity index (χ1v) is 4.70. The van der Waals surface area contributed by atoms with E-state index in [9.17, 15) is 0 Å². The monoisotopic (exact) mass is 209 g/mol. The van der Waals surface area contributed by atoms with Gasteiger partial charge in [0.25, 0.3) is 0 Å². The predicted molar refractivity (Wildman–Crippen MR) is 58.2 cm³/mol. The SMILES string of the molecule is CCC(=NO)c1ccc(OC)cc1OC. The Labute approximate surface area is 89.1 Å². The highest BCUT2D eigenvalue weighted by Gasteiger charge is 2.10. The van der Waals surface area contributed by atoms with E-state index in [0.29, 0.717) is 23.6 Å². The fraction of sp³-hybridized carbons (Fsp3) is 0.364. The van der Waals surface area contributed by atoms with Crippen LogP contribution in [0.15, 0.2) is 23.4 Å². The van der Waals surface area contributed by atoms with Gasteiger partial charge in [-0.25, -0.2) is 0 Å². The zero-order chi connectivity index (χ0) is 11.3. The van der Waals surface area contributed by atoms with Crippen LogP contribution >= 0.6 is 0 Å². The van der Waals surface area contributed by atoms with Crippen LogP contribution in [-0.4, -0.2) is 25.1 Å². The van der Waals surface area contributed by atoms with Crippen molar-refractivity contribution in [2.75, 3.05) is 14.2 Å². The normalized spacial score (nSPS) is 11.3. The van der Waals surface area contributed by atoms with Crippen molar-refractivity contribution in [2.45, 2.75) is 13.3 Å². The van der Waals surface area contributed by atoms with Gasteiger partial charge in [-0.15, -0.1) is 0 Å². The van der Waals surface area contributed by atoms with Gasteiger partial charge in [0, 0.05) is 11.6 Å². The first kappa shape index (κ1) is 11.4. The van der Waals surface area contributed by atoms with Crippen LogP contribution in [0.3, 0.4) is 0 Å². The summed E-state index contributed by atoms with van der Waals surface area (Å²) in [4.78, 5) is 0. The molecule has 4 nitrogen and oxygen atoms in total. The molecule has 0 saturated heterocycles. The molecule has 4 heteroatoms. The van der Waals surface area contributed by atoms with E-state index in [2.05, 4.69) is 5.16 Å². The molecule has 0 aliphatic rings. The fourth-order valence-corrected chi connectivity index (χ4v) is 1.35. The first-order chi connectivity index (χ1) is 7.26. The molecule has 0 radical (unpaired) electrons. The maximum Gasteiger partial charge on any atom is 0.131 e. The molecule has 1 rings (SSSR count). The Morgan fingerprint density at radius 2 is 2.07 bits per heavy atom. The first-order valence-electron chi connectivity index (χ1n) is 4.70. The van der Waals surface area contributed by atoms with Crippen LogP contribution in [0.5, 0.6) is 11.5 Å². The molecule has 1 aromatic carbocycles. The Morgan fingerprint density at radius 3 is 2.53 bits per heavy atom. The summed E-state index contributed by atoms with van der Waals surface area (Å²) in [5.74, 6) is 1.35. The van der Waals surface area contributed by atoms with E-state index in [4.69, 9.17) is 14.7 Å². The highest BCUT2D eigenvalue weighted by atomic mass is 16.5. The molecular weight excluding hydrogens is 194 g/mol. The second kappa shape index (κ2) is 5.24. The number of ether oxygens (including phenoxy) is 2. The number of oxime groups is 1. The molecule has 0 unspecified atom stereocenters. The standard InChI is InChI=1S/C11H15NO3/c1-4-10(12-13)9-6-5-8(14-2)7-11(9)15-3/h5-7,13H,4H2,1-3H3. The summed E-state index contributed by atoms with van der Waals surface area (Å²) in [5.41, 5.74) is 1.37. The van der Waals surface area contributed by atoms with Gasteiger partial charge >= 0.3 is 0 Å². The molecule has 0 saturated carbocycles. The summed E-state index contributed by atoms with van der Waals surface area (Å²) in [6, 6.07) is 5.38. The van der Waals surface area contributed by atoms with Crippen molar-refractivity contribution < 1.29 is 14.7 Å². The number of benzene rings is 1. The van der Waals surface area contributed by atoms with Gasteiger partial charge in [0.2, 0.25) is 0 Å². The Balaban J connectivity index is 3.18. The average molecular weight is 209 g/mol. The lowest BCUT2D eigenvalue weighted by molar-refractivity contribution is 0.317. The summed E-state index contributed by atoms with van der Waals surface area (Å²) in [7, 11) is 3.16. The van der Waals surface area contributed by atoms with Gasteiger partial charge in [-0.05, 0) is 18.6 Å². The van der Waals surface area contributed by atoms with Crippen LogP contribution in [0.25, 0.3) is 0 Å². The van der Waals surface area contributed by atoms with Crippen molar-refractivity contribution in [3.05, 3.63) is 23.8 Å². The van der Waals surface area contributed by atoms with Crippen molar-refractivity contribution in [1.82, 2.24) is 0 Å². The number of methoxy groups -OCH3 is 2. The molecule has 0 heterocycles. The molecule has 0 atom stereocenters. The quantitative estimate of drug-likeness (QED) is 0.470. The van der Waals surface area contributed by atoms with Crippen LogP contribution in [0.4, 0.5) is 0 Å². The zero-order valence-electron chi connectivity index (χ0n) is 9.15. The highest BCUT2D eigenvalue weighted by Crippen LogP contribution is 2.25. The van der Waals surface area contributed by atoms with Crippen molar-refractivity contribution in [2.24, 2.45) is 5.16 Å². The Bertz CT molecular complexity index is 361. The minimum absolute atomic E-state index is 0.592.